The van der Waals surface area contributed by atoms with Crippen LogP contribution in [0.4, 0.5) is 10.1 Å². The SMILES string of the molecule is Fc1ccccc1NCc1c(Cl)cccc1Cl. The number of halogens is 3. The number of hydrogen-bond acceptors (Lipinski definition) is 1. The lowest BCUT2D eigenvalue weighted by molar-refractivity contribution is 0.630. The molecule has 0 fully saturated rings. The van der Waals surface area contributed by atoms with Crippen molar-refractivity contribution in [2.75, 3.05) is 5.32 Å². The molecule has 2 rings (SSSR count). The molecule has 17 heavy (non-hydrogen) atoms. The zero-order chi connectivity index (χ0) is 12.3. The minimum Gasteiger partial charge on any atom is -0.378 e. The second-order valence-corrected chi connectivity index (χ2v) is 4.35. The number of nitrogens with one attached hydrogen (secondary N) is 1. The number of anilines is 1. The maximum absolute atomic E-state index is 13.4. The van der Waals surface area contributed by atoms with E-state index < -0.39 is 0 Å². The molecule has 0 aliphatic heterocycles. The molecule has 0 saturated carbocycles. The van der Waals surface area contributed by atoms with Gasteiger partial charge >= 0.3 is 0 Å². The molecule has 0 atom stereocenters. The number of benzene rings is 2. The molecule has 88 valence electrons. The van der Waals surface area contributed by atoms with Crippen LogP contribution in [0, 0.1) is 5.82 Å². The van der Waals surface area contributed by atoms with E-state index in [-0.39, 0.29) is 5.82 Å². The van der Waals surface area contributed by atoms with Crippen molar-refractivity contribution in [2.24, 2.45) is 0 Å². The third kappa shape index (κ3) is 2.90. The summed E-state index contributed by atoms with van der Waals surface area (Å²) in [6, 6.07) is 11.8. The maximum atomic E-state index is 13.4. The molecule has 0 amide bonds. The van der Waals surface area contributed by atoms with E-state index in [1.165, 1.54) is 6.07 Å². The first kappa shape index (κ1) is 12.2. The van der Waals surface area contributed by atoms with E-state index >= 15 is 0 Å². The summed E-state index contributed by atoms with van der Waals surface area (Å²) in [4.78, 5) is 0. The average molecular weight is 270 g/mol. The Bertz CT molecular complexity index is 508. The molecule has 0 aliphatic rings. The Hall–Kier alpha value is -1.25. The van der Waals surface area contributed by atoms with Crippen molar-refractivity contribution in [2.45, 2.75) is 6.54 Å². The van der Waals surface area contributed by atoms with Gasteiger partial charge in [0, 0.05) is 22.2 Å². The first-order valence-corrected chi connectivity index (χ1v) is 5.85. The molecule has 0 radical (unpaired) electrons. The topological polar surface area (TPSA) is 12.0 Å². The van der Waals surface area contributed by atoms with E-state index in [4.69, 9.17) is 23.2 Å². The van der Waals surface area contributed by atoms with Crippen molar-refractivity contribution in [1.82, 2.24) is 0 Å². The molecule has 4 heteroatoms. The summed E-state index contributed by atoms with van der Waals surface area (Å²) in [5.41, 5.74) is 1.20. The summed E-state index contributed by atoms with van der Waals surface area (Å²) >= 11 is 12.0. The Morgan fingerprint density at radius 3 is 2.24 bits per heavy atom. The van der Waals surface area contributed by atoms with Gasteiger partial charge < -0.3 is 5.32 Å². The van der Waals surface area contributed by atoms with E-state index in [1.807, 2.05) is 0 Å². The minimum absolute atomic E-state index is 0.296. The van der Waals surface area contributed by atoms with Gasteiger partial charge in [-0.3, -0.25) is 0 Å². The maximum Gasteiger partial charge on any atom is 0.146 e. The molecule has 0 unspecified atom stereocenters. The summed E-state index contributed by atoms with van der Waals surface area (Å²) in [6.45, 7) is 0.388. The minimum atomic E-state index is -0.296. The number of hydrogen-bond donors (Lipinski definition) is 1. The fourth-order valence-corrected chi connectivity index (χ4v) is 2.02. The summed E-state index contributed by atoms with van der Waals surface area (Å²) < 4.78 is 13.4. The van der Waals surface area contributed by atoms with E-state index in [2.05, 4.69) is 5.32 Å². The van der Waals surface area contributed by atoms with Gasteiger partial charge in [-0.2, -0.15) is 0 Å². The first-order chi connectivity index (χ1) is 8.18. The molecule has 2 aromatic carbocycles. The molecule has 0 saturated heterocycles. The third-order valence-electron chi connectivity index (χ3n) is 2.39. The lowest BCUT2D eigenvalue weighted by atomic mass is 10.2. The van der Waals surface area contributed by atoms with Crippen LogP contribution in [0.5, 0.6) is 0 Å². The predicted molar refractivity (Wildman–Crippen MR) is 70.2 cm³/mol. The van der Waals surface area contributed by atoms with Crippen molar-refractivity contribution in [1.29, 1.82) is 0 Å². The fourth-order valence-electron chi connectivity index (χ4n) is 1.49. The van der Waals surface area contributed by atoms with Crippen LogP contribution in [-0.2, 0) is 6.54 Å². The van der Waals surface area contributed by atoms with Crippen molar-refractivity contribution >= 4 is 28.9 Å². The van der Waals surface area contributed by atoms with Gasteiger partial charge in [0.25, 0.3) is 0 Å². The van der Waals surface area contributed by atoms with Crippen molar-refractivity contribution in [3.8, 4) is 0 Å². The van der Waals surface area contributed by atoms with E-state index in [1.54, 1.807) is 36.4 Å². The van der Waals surface area contributed by atoms with Gasteiger partial charge in [0.2, 0.25) is 0 Å². The third-order valence-corrected chi connectivity index (χ3v) is 3.10. The van der Waals surface area contributed by atoms with Crippen LogP contribution >= 0.6 is 23.2 Å². The predicted octanol–water partition coefficient (Wildman–Crippen LogP) is 4.74. The van der Waals surface area contributed by atoms with Crippen molar-refractivity contribution in [3.05, 3.63) is 63.9 Å². The molecule has 0 heterocycles. The molecule has 2 aromatic rings. The quantitative estimate of drug-likeness (QED) is 0.849. The summed E-state index contributed by atoms with van der Waals surface area (Å²) in [5, 5.41) is 4.11. The van der Waals surface area contributed by atoms with Gasteiger partial charge in [0.1, 0.15) is 5.82 Å². The van der Waals surface area contributed by atoms with Crippen LogP contribution in [0.1, 0.15) is 5.56 Å². The molecule has 1 nitrogen and oxygen atoms in total. The van der Waals surface area contributed by atoms with Crippen LogP contribution in [0.15, 0.2) is 42.5 Å². The van der Waals surface area contributed by atoms with Crippen LogP contribution < -0.4 is 5.32 Å². The molecule has 0 aliphatic carbocycles. The number of para-hydroxylation sites is 1. The standard InChI is InChI=1S/C13H10Cl2FN/c14-10-4-3-5-11(15)9(10)8-17-13-7-2-1-6-12(13)16/h1-7,17H,8H2. The highest BCUT2D eigenvalue weighted by molar-refractivity contribution is 6.36. The van der Waals surface area contributed by atoms with E-state index in [0.29, 0.717) is 22.3 Å². The fraction of sp³-hybridized carbons (Fsp3) is 0.0769. The molecular formula is C13H10Cl2FN. The zero-order valence-electron chi connectivity index (χ0n) is 8.88. The van der Waals surface area contributed by atoms with Crippen LogP contribution in [0.3, 0.4) is 0 Å². The monoisotopic (exact) mass is 269 g/mol. The summed E-state index contributed by atoms with van der Waals surface area (Å²) in [5.74, 6) is -0.296. The first-order valence-electron chi connectivity index (χ1n) is 5.10. The highest BCUT2D eigenvalue weighted by Crippen LogP contribution is 2.25. The Balaban J connectivity index is 2.16. The Labute approximate surface area is 109 Å². The largest absolute Gasteiger partial charge is 0.378 e. The summed E-state index contributed by atoms with van der Waals surface area (Å²) in [6.07, 6.45) is 0. The second kappa shape index (κ2) is 5.39. The second-order valence-electron chi connectivity index (χ2n) is 3.53. The van der Waals surface area contributed by atoms with Crippen molar-refractivity contribution in [3.63, 3.8) is 0 Å². The van der Waals surface area contributed by atoms with Gasteiger partial charge in [0.05, 0.1) is 5.69 Å². The highest BCUT2D eigenvalue weighted by Gasteiger charge is 2.06. The Morgan fingerprint density at radius 1 is 0.941 bits per heavy atom. The average Bonchev–Trinajstić information content (AvgIpc) is 2.30. The zero-order valence-corrected chi connectivity index (χ0v) is 10.4. The molecular weight excluding hydrogens is 260 g/mol. The van der Waals surface area contributed by atoms with Gasteiger partial charge in [-0.15, -0.1) is 0 Å². The molecule has 0 aromatic heterocycles. The normalized spacial score (nSPS) is 10.3. The Morgan fingerprint density at radius 2 is 1.59 bits per heavy atom. The molecule has 0 bridgehead atoms. The van der Waals surface area contributed by atoms with Crippen LogP contribution in [-0.4, -0.2) is 0 Å². The van der Waals surface area contributed by atoms with Gasteiger partial charge in [-0.25, -0.2) is 4.39 Å². The number of rotatable bonds is 3. The lowest BCUT2D eigenvalue weighted by Crippen LogP contribution is -2.02. The Kier molecular flexibility index (Phi) is 3.87. The van der Waals surface area contributed by atoms with Gasteiger partial charge in [0.15, 0.2) is 0 Å². The smallest absolute Gasteiger partial charge is 0.146 e. The van der Waals surface area contributed by atoms with Crippen molar-refractivity contribution < 1.29 is 4.39 Å². The van der Waals surface area contributed by atoms with Gasteiger partial charge in [-0.05, 0) is 24.3 Å². The molecule has 0 spiro atoms. The van der Waals surface area contributed by atoms with Crippen LogP contribution in [0.25, 0.3) is 0 Å². The van der Waals surface area contributed by atoms with Crippen LogP contribution in [0.2, 0.25) is 10.0 Å². The van der Waals surface area contributed by atoms with Gasteiger partial charge in [-0.1, -0.05) is 41.4 Å². The van der Waals surface area contributed by atoms with E-state index in [9.17, 15) is 4.39 Å². The summed E-state index contributed by atoms with van der Waals surface area (Å²) in [7, 11) is 0. The van der Waals surface area contributed by atoms with E-state index in [0.717, 1.165) is 5.56 Å². The lowest BCUT2D eigenvalue weighted by Gasteiger charge is -2.10. The highest BCUT2D eigenvalue weighted by atomic mass is 35.5. The molecule has 1 N–H and O–H groups in total.